The van der Waals surface area contributed by atoms with Gasteiger partial charge < -0.3 is 0 Å². The van der Waals surface area contributed by atoms with Crippen molar-refractivity contribution < 1.29 is 4.39 Å². The summed E-state index contributed by atoms with van der Waals surface area (Å²) < 4.78 is 14.9. The van der Waals surface area contributed by atoms with E-state index in [4.69, 9.17) is 0 Å². The second kappa shape index (κ2) is 3.49. The lowest BCUT2D eigenvalue weighted by Gasteiger charge is -2.03. The van der Waals surface area contributed by atoms with Crippen LogP contribution in [0.1, 0.15) is 12.6 Å². The number of aryl methyl sites for hydroxylation is 1. The summed E-state index contributed by atoms with van der Waals surface area (Å²) in [6, 6.07) is 0. The molecule has 72 valence electrons. The van der Waals surface area contributed by atoms with Crippen molar-refractivity contribution in [2.75, 3.05) is 0 Å². The zero-order valence-corrected chi connectivity index (χ0v) is 7.55. The molecular formula is C8H8FN5. The average molecular weight is 193 g/mol. The summed E-state index contributed by atoms with van der Waals surface area (Å²) in [5.74, 6) is -0.310. The molecule has 0 amide bonds. The highest BCUT2D eigenvalue weighted by Gasteiger charge is 2.11. The number of halogens is 1. The fraction of sp³-hybridized carbons (Fsp3) is 0.250. The van der Waals surface area contributed by atoms with E-state index in [-0.39, 0.29) is 5.82 Å². The fourth-order valence-electron chi connectivity index (χ4n) is 1.12. The highest BCUT2D eigenvalue weighted by Crippen LogP contribution is 2.10. The monoisotopic (exact) mass is 193 g/mol. The summed E-state index contributed by atoms with van der Waals surface area (Å²) in [4.78, 5) is 11.3. The van der Waals surface area contributed by atoms with Crippen LogP contribution >= 0.6 is 0 Å². The van der Waals surface area contributed by atoms with Crippen LogP contribution in [0, 0.1) is 5.82 Å². The Morgan fingerprint density at radius 2 is 2.21 bits per heavy atom. The van der Waals surface area contributed by atoms with Gasteiger partial charge in [-0.25, -0.2) is 19.3 Å². The summed E-state index contributed by atoms with van der Waals surface area (Å²) in [6.07, 6.45) is 4.56. The predicted octanol–water partition coefficient (Wildman–Crippen LogP) is 0.759. The predicted molar refractivity (Wildman–Crippen MR) is 46.3 cm³/mol. The first kappa shape index (κ1) is 8.74. The number of aromatic nitrogens is 5. The number of rotatable bonds is 2. The second-order valence-electron chi connectivity index (χ2n) is 2.65. The Labute approximate surface area is 79.7 Å². The molecule has 0 bridgehead atoms. The first-order chi connectivity index (χ1) is 6.83. The molecule has 2 rings (SSSR count). The van der Waals surface area contributed by atoms with Gasteiger partial charge in [0.1, 0.15) is 19.0 Å². The summed E-state index contributed by atoms with van der Waals surface area (Å²) in [5, 5.41) is 3.80. The van der Waals surface area contributed by atoms with E-state index in [0.29, 0.717) is 12.1 Å². The third kappa shape index (κ3) is 1.34. The summed E-state index contributed by atoms with van der Waals surface area (Å²) in [5.41, 5.74) is 0.380. The Morgan fingerprint density at radius 3 is 2.86 bits per heavy atom. The Balaban J connectivity index is 2.54. The first-order valence-electron chi connectivity index (χ1n) is 4.17. The second-order valence-corrected chi connectivity index (χ2v) is 2.65. The standard InChI is InChI=1S/C8H8FN5/c1-2-6-7(9)8(12-4-11-6)14-5-10-3-13-14/h3-5H,2H2,1H3. The van der Waals surface area contributed by atoms with E-state index in [1.807, 2.05) is 6.92 Å². The Kier molecular flexibility index (Phi) is 2.18. The first-order valence-corrected chi connectivity index (χ1v) is 4.17. The maximum Gasteiger partial charge on any atom is 0.194 e. The molecule has 0 aliphatic heterocycles. The molecule has 0 radical (unpaired) electrons. The SMILES string of the molecule is CCc1ncnc(-n2cncn2)c1F. The molecule has 2 aromatic rings. The van der Waals surface area contributed by atoms with Gasteiger partial charge in [-0.3, -0.25) is 0 Å². The highest BCUT2D eigenvalue weighted by atomic mass is 19.1. The molecule has 0 aliphatic carbocycles. The number of hydrogen-bond acceptors (Lipinski definition) is 4. The molecule has 0 unspecified atom stereocenters. The Hall–Kier alpha value is -1.85. The Bertz CT molecular complexity index is 425. The van der Waals surface area contributed by atoms with Crippen molar-refractivity contribution in [3.05, 3.63) is 30.5 Å². The maximum absolute atomic E-state index is 13.6. The van der Waals surface area contributed by atoms with Crippen molar-refractivity contribution in [1.29, 1.82) is 0 Å². The molecule has 14 heavy (non-hydrogen) atoms. The average Bonchev–Trinajstić information content (AvgIpc) is 2.71. The molecule has 0 atom stereocenters. The van der Waals surface area contributed by atoms with E-state index in [1.165, 1.54) is 23.7 Å². The smallest absolute Gasteiger partial charge is 0.194 e. The minimum Gasteiger partial charge on any atom is -0.238 e. The van der Waals surface area contributed by atoms with Crippen LogP contribution in [0.4, 0.5) is 4.39 Å². The van der Waals surface area contributed by atoms with Gasteiger partial charge in [0, 0.05) is 0 Å². The lowest BCUT2D eigenvalue weighted by molar-refractivity contribution is 0.574. The van der Waals surface area contributed by atoms with Crippen LogP contribution < -0.4 is 0 Å². The number of nitrogens with zero attached hydrogens (tertiary/aromatic N) is 5. The number of hydrogen-bond donors (Lipinski definition) is 0. The molecule has 0 aliphatic rings. The van der Waals surface area contributed by atoms with Crippen LogP contribution in [0.5, 0.6) is 0 Å². The molecule has 5 nitrogen and oxygen atoms in total. The van der Waals surface area contributed by atoms with E-state index in [1.54, 1.807) is 0 Å². The molecule has 0 N–H and O–H groups in total. The van der Waals surface area contributed by atoms with E-state index >= 15 is 0 Å². The van der Waals surface area contributed by atoms with Crippen molar-refractivity contribution in [2.45, 2.75) is 13.3 Å². The lowest BCUT2D eigenvalue weighted by atomic mass is 10.3. The zero-order valence-electron chi connectivity index (χ0n) is 7.55. The van der Waals surface area contributed by atoms with E-state index in [2.05, 4.69) is 20.1 Å². The van der Waals surface area contributed by atoms with Gasteiger partial charge in [-0.2, -0.15) is 9.78 Å². The third-order valence-electron chi connectivity index (χ3n) is 1.81. The molecule has 6 heteroatoms. The lowest BCUT2D eigenvalue weighted by Crippen LogP contribution is -2.06. The molecule has 0 saturated carbocycles. The van der Waals surface area contributed by atoms with Crippen LogP contribution in [-0.4, -0.2) is 24.7 Å². The Morgan fingerprint density at radius 1 is 1.36 bits per heavy atom. The van der Waals surface area contributed by atoms with Crippen LogP contribution in [0.25, 0.3) is 5.82 Å². The van der Waals surface area contributed by atoms with Crippen molar-refractivity contribution >= 4 is 0 Å². The van der Waals surface area contributed by atoms with Gasteiger partial charge in [-0.1, -0.05) is 6.92 Å². The van der Waals surface area contributed by atoms with E-state index in [9.17, 15) is 4.39 Å². The van der Waals surface area contributed by atoms with Crippen molar-refractivity contribution in [3.8, 4) is 5.82 Å². The minimum atomic E-state index is -0.444. The van der Waals surface area contributed by atoms with Gasteiger partial charge in [-0.05, 0) is 6.42 Å². The summed E-state index contributed by atoms with van der Waals surface area (Å²) >= 11 is 0. The minimum absolute atomic E-state index is 0.134. The van der Waals surface area contributed by atoms with Crippen LogP contribution in [-0.2, 0) is 6.42 Å². The zero-order chi connectivity index (χ0) is 9.97. The maximum atomic E-state index is 13.6. The van der Waals surface area contributed by atoms with Crippen molar-refractivity contribution in [3.63, 3.8) is 0 Å². The molecule has 0 saturated heterocycles. The molecule has 2 aromatic heterocycles. The van der Waals surface area contributed by atoms with Gasteiger partial charge in [-0.15, -0.1) is 0 Å². The molecule has 0 fully saturated rings. The molecule has 0 spiro atoms. The van der Waals surface area contributed by atoms with Crippen LogP contribution in [0.3, 0.4) is 0 Å². The normalized spacial score (nSPS) is 10.4. The van der Waals surface area contributed by atoms with Crippen LogP contribution in [0.15, 0.2) is 19.0 Å². The van der Waals surface area contributed by atoms with Crippen molar-refractivity contribution in [1.82, 2.24) is 24.7 Å². The highest BCUT2D eigenvalue weighted by molar-refractivity contribution is 5.24. The van der Waals surface area contributed by atoms with Crippen LogP contribution in [0.2, 0.25) is 0 Å². The molecule has 0 aromatic carbocycles. The van der Waals surface area contributed by atoms with Gasteiger partial charge in [0.2, 0.25) is 0 Å². The van der Waals surface area contributed by atoms with E-state index in [0.717, 1.165) is 0 Å². The molecular weight excluding hydrogens is 185 g/mol. The summed E-state index contributed by atoms with van der Waals surface area (Å²) in [7, 11) is 0. The van der Waals surface area contributed by atoms with Gasteiger partial charge in [0.15, 0.2) is 11.6 Å². The van der Waals surface area contributed by atoms with E-state index < -0.39 is 5.82 Å². The summed E-state index contributed by atoms with van der Waals surface area (Å²) in [6.45, 7) is 1.83. The van der Waals surface area contributed by atoms with Gasteiger partial charge in [0.25, 0.3) is 0 Å². The van der Waals surface area contributed by atoms with Gasteiger partial charge >= 0.3 is 0 Å². The quantitative estimate of drug-likeness (QED) is 0.706. The topological polar surface area (TPSA) is 56.5 Å². The van der Waals surface area contributed by atoms with Gasteiger partial charge in [0.05, 0.1) is 5.69 Å². The fourth-order valence-corrected chi connectivity index (χ4v) is 1.12. The largest absolute Gasteiger partial charge is 0.238 e. The molecule has 2 heterocycles. The third-order valence-corrected chi connectivity index (χ3v) is 1.81. The van der Waals surface area contributed by atoms with Crippen molar-refractivity contribution in [2.24, 2.45) is 0 Å².